The van der Waals surface area contributed by atoms with Crippen molar-refractivity contribution in [2.24, 2.45) is 0 Å². The van der Waals surface area contributed by atoms with Crippen molar-refractivity contribution in [1.82, 2.24) is 5.32 Å². The Morgan fingerprint density at radius 1 is 1.22 bits per heavy atom. The number of benzene rings is 2. The Hall–Kier alpha value is -1.30. The van der Waals surface area contributed by atoms with Crippen LogP contribution in [-0.4, -0.2) is 23.8 Å². The molecular formula is C18H20BrNO2S. The molecule has 2 aromatic carbocycles. The Labute approximate surface area is 149 Å². The summed E-state index contributed by atoms with van der Waals surface area (Å²) in [6.45, 7) is 0.230. The van der Waals surface area contributed by atoms with Crippen LogP contribution in [0.25, 0.3) is 0 Å². The van der Waals surface area contributed by atoms with Gasteiger partial charge in [0.1, 0.15) is 0 Å². The number of hydrogen-bond acceptors (Lipinski definition) is 3. The zero-order valence-electron chi connectivity index (χ0n) is 13.0. The first kappa shape index (κ1) is 18.0. The van der Waals surface area contributed by atoms with Gasteiger partial charge >= 0.3 is 0 Å². The molecule has 0 aliphatic heterocycles. The molecule has 1 amide bonds. The zero-order valence-corrected chi connectivity index (χ0v) is 15.4. The molecule has 5 heteroatoms. The molecule has 0 bridgehead atoms. The average Bonchev–Trinajstić information content (AvgIpc) is 2.59. The number of halogens is 1. The van der Waals surface area contributed by atoms with Crippen molar-refractivity contribution in [2.75, 3.05) is 12.8 Å². The predicted molar refractivity (Wildman–Crippen MR) is 98.7 cm³/mol. The normalized spacial score (nSPS) is 12.0. The van der Waals surface area contributed by atoms with Gasteiger partial charge in [-0.1, -0.05) is 46.3 Å². The van der Waals surface area contributed by atoms with Crippen molar-refractivity contribution in [3.8, 4) is 0 Å². The van der Waals surface area contributed by atoms with E-state index in [1.165, 1.54) is 0 Å². The van der Waals surface area contributed by atoms with Crippen molar-refractivity contribution in [3.05, 3.63) is 64.1 Å². The molecule has 0 aliphatic carbocycles. The fraction of sp³-hybridized carbons (Fsp3) is 0.278. The highest BCUT2D eigenvalue weighted by Crippen LogP contribution is 2.19. The van der Waals surface area contributed by atoms with Gasteiger partial charge in [0.25, 0.3) is 0 Å². The second-order valence-corrected chi connectivity index (χ2v) is 6.92. The molecule has 0 radical (unpaired) electrons. The maximum atomic E-state index is 11.9. The summed E-state index contributed by atoms with van der Waals surface area (Å²) in [4.78, 5) is 13.1. The largest absolute Gasteiger partial charge is 0.387 e. The van der Waals surface area contributed by atoms with E-state index in [1.807, 2.05) is 54.8 Å². The molecule has 0 aliphatic rings. The van der Waals surface area contributed by atoms with Gasteiger partial charge in [0.05, 0.1) is 6.10 Å². The fourth-order valence-electron chi connectivity index (χ4n) is 2.19. The first-order chi connectivity index (χ1) is 11.1. The summed E-state index contributed by atoms with van der Waals surface area (Å²) in [6.07, 6.45) is 2.40. The molecule has 2 N–H and O–H groups in total. The summed E-state index contributed by atoms with van der Waals surface area (Å²) in [7, 11) is 0. The van der Waals surface area contributed by atoms with E-state index in [0.717, 1.165) is 20.5 Å². The first-order valence-corrected chi connectivity index (χ1v) is 9.44. The van der Waals surface area contributed by atoms with E-state index >= 15 is 0 Å². The van der Waals surface area contributed by atoms with Gasteiger partial charge in [-0.2, -0.15) is 0 Å². The predicted octanol–water partition coefficient (Wildman–Crippen LogP) is 3.95. The lowest BCUT2D eigenvalue weighted by Gasteiger charge is -2.13. The Kier molecular flexibility index (Phi) is 7.15. The van der Waals surface area contributed by atoms with Crippen LogP contribution in [0, 0.1) is 0 Å². The lowest BCUT2D eigenvalue weighted by molar-refractivity contribution is -0.121. The number of aliphatic hydroxyl groups is 1. The summed E-state index contributed by atoms with van der Waals surface area (Å²) in [5, 5.41) is 12.9. The highest BCUT2D eigenvalue weighted by atomic mass is 79.9. The standard InChI is InChI=1S/C18H20BrNO2S/c1-23-15-9-6-14(7-10-15)17(21)12-20-18(22)11-8-13-4-2-3-5-16(13)19/h2-7,9-10,17,21H,8,11-12H2,1H3,(H,20,22). The summed E-state index contributed by atoms with van der Waals surface area (Å²) in [5.74, 6) is -0.0551. The second kappa shape index (κ2) is 9.11. The van der Waals surface area contributed by atoms with Crippen LogP contribution < -0.4 is 5.32 Å². The van der Waals surface area contributed by atoms with E-state index in [2.05, 4.69) is 21.2 Å². The molecule has 2 rings (SSSR count). The molecule has 0 saturated heterocycles. The minimum absolute atomic E-state index is 0.0551. The van der Waals surface area contributed by atoms with Crippen molar-refractivity contribution in [1.29, 1.82) is 0 Å². The van der Waals surface area contributed by atoms with Crippen LogP contribution in [0.5, 0.6) is 0 Å². The van der Waals surface area contributed by atoms with Crippen LogP contribution in [0.1, 0.15) is 23.7 Å². The topological polar surface area (TPSA) is 49.3 Å². The number of rotatable bonds is 7. The minimum atomic E-state index is -0.682. The van der Waals surface area contributed by atoms with E-state index in [4.69, 9.17) is 0 Å². The van der Waals surface area contributed by atoms with Gasteiger partial charge in [0, 0.05) is 22.3 Å². The molecule has 0 spiro atoms. The Morgan fingerprint density at radius 3 is 2.57 bits per heavy atom. The Bertz CT molecular complexity index is 646. The second-order valence-electron chi connectivity index (χ2n) is 5.18. The van der Waals surface area contributed by atoms with Gasteiger partial charge in [-0.15, -0.1) is 11.8 Å². The Balaban J connectivity index is 1.78. The van der Waals surface area contributed by atoms with Crippen LogP contribution >= 0.6 is 27.7 Å². The van der Waals surface area contributed by atoms with Crippen molar-refractivity contribution in [3.63, 3.8) is 0 Å². The van der Waals surface area contributed by atoms with Crippen LogP contribution in [0.15, 0.2) is 57.9 Å². The van der Waals surface area contributed by atoms with Gasteiger partial charge in [-0.25, -0.2) is 0 Å². The van der Waals surface area contributed by atoms with E-state index < -0.39 is 6.10 Å². The van der Waals surface area contributed by atoms with Gasteiger partial charge in [-0.05, 0) is 42.0 Å². The SMILES string of the molecule is CSc1ccc(C(O)CNC(=O)CCc2ccccc2Br)cc1. The molecule has 2 aromatic rings. The van der Waals surface area contributed by atoms with Crippen LogP contribution in [0.2, 0.25) is 0 Å². The van der Waals surface area contributed by atoms with E-state index in [-0.39, 0.29) is 12.5 Å². The van der Waals surface area contributed by atoms with Gasteiger partial charge in [-0.3, -0.25) is 4.79 Å². The molecule has 0 saturated carbocycles. The third-order valence-electron chi connectivity index (χ3n) is 3.57. The molecule has 1 unspecified atom stereocenters. The average molecular weight is 394 g/mol. The smallest absolute Gasteiger partial charge is 0.220 e. The van der Waals surface area contributed by atoms with Crippen molar-refractivity contribution >= 4 is 33.6 Å². The van der Waals surface area contributed by atoms with Crippen molar-refractivity contribution in [2.45, 2.75) is 23.8 Å². The number of aryl methyl sites for hydroxylation is 1. The summed E-state index contributed by atoms with van der Waals surface area (Å²) >= 11 is 5.14. The van der Waals surface area contributed by atoms with Crippen LogP contribution in [0.3, 0.4) is 0 Å². The minimum Gasteiger partial charge on any atom is -0.387 e. The number of aliphatic hydroxyl groups excluding tert-OH is 1. The molecule has 0 fully saturated rings. The highest BCUT2D eigenvalue weighted by molar-refractivity contribution is 9.10. The lowest BCUT2D eigenvalue weighted by Crippen LogP contribution is -2.28. The van der Waals surface area contributed by atoms with Gasteiger partial charge in [0.2, 0.25) is 5.91 Å². The number of amides is 1. The summed E-state index contributed by atoms with van der Waals surface area (Å²) in [5.41, 5.74) is 1.92. The number of carbonyl (C=O) groups excluding carboxylic acids is 1. The Morgan fingerprint density at radius 2 is 1.91 bits per heavy atom. The van der Waals surface area contributed by atoms with E-state index in [0.29, 0.717) is 12.8 Å². The number of hydrogen-bond donors (Lipinski definition) is 2. The molecule has 3 nitrogen and oxygen atoms in total. The quantitative estimate of drug-likeness (QED) is 0.700. The number of carbonyl (C=O) groups is 1. The molecule has 122 valence electrons. The van der Waals surface area contributed by atoms with Crippen molar-refractivity contribution < 1.29 is 9.90 Å². The molecule has 1 atom stereocenters. The van der Waals surface area contributed by atoms with Gasteiger partial charge in [0.15, 0.2) is 0 Å². The highest BCUT2D eigenvalue weighted by Gasteiger charge is 2.10. The third-order valence-corrected chi connectivity index (χ3v) is 5.09. The molecule has 0 heterocycles. The molecule has 23 heavy (non-hydrogen) atoms. The third kappa shape index (κ3) is 5.68. The fourth-order valence-corrected chi connectivity index (χ4v) is 3.08. The summed E-state index contributed by atoms with van der Waals surface area (Å²) in [6, 6.07) is 15.6. The van der Waals surface area contributed by atoms with Crippen LogP contribution in [-0.2, 0) is 11.2 Å². The number of thioether (sulfide) groups is 1. The maximum absolute atomic E-state index is 11.9. The van der Waals surface area contributed by atoms with E-state index in [1.54, 1.807) is 11.8 Å². The van der Waals surface area contributed by atoms with Gasteiger partial charge < -0.3 is 10.4 Å². The summed E-state index contributed by atoms with van der Waals surface area (Å²) < 4.78 is 1.02. The first-order valence-electron chi connectivity index (χ1n) is 7.42. The monoisotopic (exact) mass is 393 g/mol. The maximum Gasteiger partial charge on any atom is 0.220 e. The zero-order chi connectivity index (χ0) is 16.7. The molecule has 0 aromatic heterocycles. The van der Waals surface area contributed by atoms with E-state index in [9.17, 15) is 9.90 Å². The number of nitrogens with one attached hydrogen (secondary N) is 1. The lowest BCUT2D eigenvalue weighted by atomic mass is 10.1. The molecular weight excluding hydrogens is 374 g/mol. The van der Waals surface area contributed by atoms with Crippen LogP contribution in [0.4, 0.5) is 0 Å².